The molecule has 5 nitrogen and oxygen atoms in total. The second-order valence-electron chi connectivity index (χ2n) is 5.67. The van der Waals surface area contributed by atoms with Gasteiger partial charge in [0, 0.05) is 24.9 Å². The number of carbonyl (C=O) groups is 1. The molecular weight excluding hydrogens is 297 g/mol. The average Bonchev–Trinajstić information content (AvgIpc) is 3.03. The highest BCUT2D eigenvalue weighted by molar-refractivity contribution is 5.77. The predicted octanol–water partition coefficient (Wildman–Crippen LogP) is 2.21. The minimum Gasteiger partial charge on any atom is -0.334 e. The molecule has 0 saturated carbocycles. The summed E-state index contributed by atoms with van der Waals surface area (Å²) < 4.78 is 13.6. The number of amides is 1. The third-order valence-electron chi connectivity index (χ3n) is 4.20. The highest BCUT2D eigenvalue weighted by atomic mass is 19.1. The van der Waals surface area contributed by atoms with Gasteiger partial charge in [-0.05, 0) is 37.0 Å². The molecule has 1 atom stereocenters. The van der Waals surface area contributed by atoms with E-state index in [1.54, 1.807) is 29.2 Å². The molecule has 1 aliphatic rings. The van der Waals surface area contributed by atoms with Crippen LogP contribution in [0.25, 0.3) is 0 Å². The number of hydrogen-bond donors (Lipinski definition) is 1. The quantitative estimate of drug-likeness (QED) is 0.940. The summed E-state index contributed by atoms with van der Waals surface area (Å²) in [7, 11) is 0. The zero-order valence-corrected chi connectivity index (χ0v) is 12.7. The maximum absolute atomic E-state index is 13.6. The van der Waals surface area contributed by atoms with E-state index in [-0.39, 0.29) is 24.2 Å². The standard InChI is InChI=1S/C17H18FN3O2/c18-13-5-2-1-4-12(13)7-8-16(22)21-11-3-6-15(21)14-9-10-19-17(23)20-14/h1-2,4-5,9-10,15H,3,6-8,11H2,(H,19,20,23)/t15-/m0/s1. The lowest BCUT2D eigenvalue weighted by Gasteiger charge is -2.24. The average molecular weight is 315 g/mol. The normalized spacial score (nSPS) is 17.4. The minimum atomic E-state index is -0.409. The Hall–Kier alpha value is -2.50. The Balaban J connectivity index is 1.69. The number of aromatic nitrogens is 2. The van der Waals surface area contributed by atoms with Crippen LogP contribution >= 0.6 is 0 Å². The molecule has 120 valence electrons. The molecule has 0 bridgehead atoms. The van der Waals surface area contributed by atoms with Crippen LogP contribution < -0.4 is 5.69 Å². The fourth-order valence-corrected chi connectivity index (χ4v) is 3.05. The third kappa shape index (κ3) is 3.47. The first kappa shape index (κ1) is 15.4. The summed E-state index contributed by atoms with van der Waals surface area (Å²) in [5.74, 6) is -0.301. The third-order valence-corrected chi connectivity index (χ3v) is 4.20. The summed E-state index contributed by atoms with van der Waals surface area (Å²) >= 11 is 0. The molecule has 1 N–H and O–H groups in total. The summed E-state index contributed by atoms with van der Waals surface area (Å²) in [5.41, 5.74) is 0.851. The Morgan fingerprint density at radius 1 is 1.35 bits per heavy atom. The molecule has 0 spiro atoms. The molecule has 2 aromatic rings. The van der Waals surface area contributed by atoms with Crippen LogP contribution in [0.4, 0.5) is 4.39 Å². The first-order valence-electron chi connectivity index (χ1n) is 7.73. The van der Waals surface area contributed by atoms with Gasteiger partial charge in [0.15, 0.2) is 0 Å². The number of halogens is 1. The molecule has 1 aliphatic heterocycles. The van der Waals surface area contributed by atoms with Crippen molar-refractivity contribution in [3.8, 4) is 0 Å². The summed E-state index contributed by atoms with van der Waals surface area (Å²) in [4.78, 5) is 31.9. The van der Waals surface area contributed by atoms with E-state index < -0.39 is 5.69 Å². The van der Waals surface area contributed by atoms with E-state index in [1.165, 1.54) is 12.3 Å². The molecular formula is C17H18FN3O2. The van der Waals surface area contributed by atoms with Gasteiger partial charge in [0.25, 0.3) is 0 Å². The van der Waals surface area contributed by atoms with E-state index >= 15 is 0 Å². The molecule has 1 aromatic heterocycles. The van der Waals surface area contributed by atoms with Crippen molar-refractivity contribution in [2.45, 2.75) is 31.7 Å². The molecule has 1 fully saturated rings. The first-order chi connectivity index (χ1) is 11.1. The molecule has 6 heteroatoms. The van der Waals surface area contributed by atoms with Crippen molar-refractivity contribution in [1.82, 2.24) is 14.9 Å². The second kappa shape index (κ2) is 6.73. The Morgan fingerprint density at radius 3 is 2.96 bits per heavy atom. The van der Waals surface area contributed by atoms with E-state index in [0.29, 0.717) is 24.2 Å². The van der Waals surface area contributed by atoms with Gasteiger partial charge in [-0.3, -0.25) is 4.79 Å². The van der Waals surface area contributed by atoms with Gasteiger partial charge in [0.2, 0.25) is 5.91 Å². The number of hydrogen-bond acceptors (Lipinski definition) is 3. The molecule has 0 radical (unpaired) electrons. The van der Waals surface area contributed by atoms with Crippen LogP contribution in [0.3, 0.4) is 0 Å². The maximum Gasteiger partial charge on any atom is 0.345 e. The van der Waals surface area contributed by atoms with Gasteiger partial charge in [-0.15, -0.1) is 0 Å². The zero-order valence-electron chi connectivity index (χ0n) is 12.7. The molecule has 2 heterocycles. The SMILES string of the molecule is O=C(CCc1ccccc1F)N1CCC[C@H]1c1ccnc(=O)[nH]1. The van der Waals surface area contributed by atoms with Gasteiger partial charge in [0.05, 0.1) is 6.04 Å². The number of nitrogens with zero attached hydrogens (tertiary/aromatic N) is 2. The van der Waals surface area contributed by atoms with Crippen LogP contribution in [0.1, 0.15) is 36.6 Å². The highest BCUT2D eigenvalue weighted by Gasteiger charge is 2.30. The molecule has 0 aliphatic carbocycles. The van der Waals surface area contributed by atoms with Crippen molar-refractivity contribution < 1.29 is 9.18 Å². The van der Waals surface area contributed by atoms with Crippen molar-refractivity contribution in [1.29, 1.82) is 0 Å². The second-order valence-corrected chi connectivity index (χ2v) is 5.67. The van der Waals surface area contributed by atoms with Crippen molar-refractivity contribution >= 4 is 5.91 Å². The molecule has 3 rings (SSSR count). The number of aryl methyl sites for hydroxylation is 1. The lowest BCUT2D eigenvalue weighted by molar-refractivity contribution is -0.132. The van der Waals surface area contributed by atoms with E-state index in [9.17, 15) is 14.0 Å². The number of nitrogens with one attached hydrogen (secondary N) is 1. The van der Waals surface area contributed by atoms with Crippen LogP contribution in [-0.2, 0) is 11.2 Å². The van der Waals surface area contributed by atoms with Gasteiger partial charge in [-0.25, -0.2) is 14.2 Å². The lowest BCUT2D eigenvalue weighted by Crippen LogP contribution is -2.32. The number of carbonyl (C=O) groups excluding carboxylic acids is 1. The number of H-pyrrole nitrogens is 1. The molecule has 1 amide bonds. The summed E-state index contributed by atoms with van der Waals surface area (Å²) in [5, 5.41) is 0. The molecule has 1 aromatic carbocycles. The summed E-state index contributed by atoms with van der Waals surface area (Å²) in [6.45, 7) is 0.658. The van der Waals surface area contributed by atoms with Crippen LogP contribution in [-0.4, -0.2) is 27.3 Å². The first-order valence-corrected chi connectivity index (χ1v) is 7.73. The zero-order chi connectivity index (χ0) is 16.2. The Morgan fingerprint density at radius 2 is 2.17 bits per heavy atom. The van der Waals surface area contributed by atoms with Gasteiger partial charge < -0.3 is 9.88 Å². The van der Waals surface area contributed by atoms with E-state index in [0.717, 1.165) is 12.8 Å². The number of benzene rings is 1. The Bertz CT molecular complexity index is 759. The van der Waals surface area contributed by atoms with Gasteiger partial charge in [0.1, 0.15) is 5.82 Å². The molecule has 23 heavy (non-hydrogen) atoms. The fraction of sp³-hybridized carbons (Fsp3) is 0.353. The number of rotatable bonds is 4. The van der Waals surface area contributed by atoms with Gasteiger partial charge in [-0.1, -0.05) is 18.2 Å². The fourth-order valence-electron chi connectivity index (χ4n) is 3.05. The van der Waals surface area contributed by atoms with Crippen LogP contribution in [0.15, 0.2) is 41.3 Å². The summed E-state index contributed by atoms with van der Waals surface area (Å²) in [6.07, 6.45) is 3.79. The number of likely N-dealkylation sites (tertiary alicyclic amines) is 1. The maximum atomic E-state index is 13.6. The number of aromatic amines is 1. The highest BCUT2D eigenvalue weighted by Crippen LogP contribution is 2.30. The monoisotopic (exact) mass is 315 g/mol. The minimum absolute atomic E-state index is 0.0200. The smallest absolute Gasteiger partial charge is 0.334 e. The van der Waals surface area contributed by atoms with E-state index in [2.05, 4.69) is 9.97 Å². The Kier molecular flexibility index (Phi) is 4.50. The van der Waals surface area contributed by atoms with Crippen LogP contribution in [0.2, 0.25) is 0 Å². The Labute approximate surface area is 133 Å². The van der Waals surface area contributed by atoms with Crippen molar-refractivity contribution in [3.05, 3.63) is 64.1 Å². The van der Waals surface area contributed by atoms with Gasteiger partial charge >= 0.3 is 5.69 Å². The van der Waals surface area contributed by atoms with E-state index in [4.69, 9.17) is 0 Å². The van der Waals surface area contributed by atoms with Crippen molar-refractivity contribution in [3.63, 3.8) is 0 Å². The van der Waals surface area contributed by atoms with Gasteiger partial charge in [-0.2, -0.15) is 0 Å². The van der Waals surface area contributed by atoms with Crippen LogP contribution in [0.5, 0.6) is 0 Å². The largest absolute Gasteiger partial charge is 0.345 e. The van der Waals surface area contributed by atoms with Crippen molar-refractivity contribution in [2.24, 2.45) is 0 Å². The van der Waals surface area contributed by atoms with Crippen LogP contribution in [0, 0.1) is 5.82 Å². The molecule has 1 saturated heterocycles. The molecule has 0 unspecified atom stereocenters. The van der Waals surface area contributed by atoms with Crippen molar-refractivity contribution in [2.75, 3.05) is 6.54 Å². The van der Waals surface area contributed by atoms with E-state index in [1.807, 2.05) is 0 Å². The predicted molar refractivity (Wildman–Crippen MR) is 83.3 cm³/mol. The topological polar surface area (TPSA) is 66.1 Å². The lowest BCUT2D eigenvalue weighted by atomic mass is 10.1. The summed E-state index contributed by atoms with van der Waals surface area (Å²) in [6, 6.07) is 8.11.